The van der Waals surface area contributed by atoms with Gasteiger partial charge >= 0.3 is 12.1 Å². The molecule has 0 spiro atoms. The average molecular weight is 588 g/mol. The summed E-state index contributed by atoms with van der Waals surface area (Å²) < 4.78 is 36.9. The van der Waals surface area contributed by atoms with Crippen LogP contribution in [0.2, 0.25) is 0 Å². The van der Waals surface area contributed by atoms with Crippen LogP contribution in [0.1, 0.15) is 62.1 Å². The Labute approximate surface area is 238 Å². The Balaban J connectivity index is 0.000000517. The number of pyridine rings is 1. The predicted molar refractivity (Wildman–Crippen MR) is 142 cm³/mol. The van der Waals surface area contributed by atoms with Crippen LogP contribution in [0.25, 0.3) is 0 Å². The SMILES string of the molecule is Cc1noc(C)c1C(=O)N1CCC(C2C(=O)Nc3ccc(C(=O)NCc4cccnc4)cc32)CC1.O=C(O)C(F)(F)F. The number of carbonyl (C=O) groups is 4. The van der Waals surface area contributed by atoms with Crippen molar-refractivity contribution in [2.75, 3.05) is 18.4 Å². The number of amides is 3. The number of anilines is 1. The number of hydrogen-bond acceptors (Lipinski definition) is 7. The fraction of sp³-hybridized carbons (Fsp3) is 0.357. The van der Waals surface area contributed by atoms with E-state index in [1.165, 1.54) is 0 Å². The molecule has 222 valence electrons. The summed E-state index contributed by atoms with van der Waals surface area (Å²) in [6, 6.07) is 9.06. The van der Waals surface area contributed by atoms with Crippen LogP contribution >= 0.6 is 0 Å². The number of aryl methyl sites for hydroxylation is 2. The summed E-state index contributed by atoms with van der Waals surface area (Å²) in [5.41, 5.74) is 4.13. The van der Waals surface area contributed by atoms with Gasteiger partial charge in [0.25, 0.3) is 11.8 Å². The third kappa shape index (κ3) is 6.75. The second-order valence-electron chi connectivity index (χ2n) is 9.94. The van der Waals surface area contributed by atoms with Crippen molar-refractivity contribution in [2.24, 2.45) is 5.92 Å². The zero-order valence-electron chi connectivity index (χ0n) is 22.7. The van der Waals surface area contributed by atoms with E-state index in [9.17, 15) is 27.6 Å². The summed E-state index contributed by atoms with van der Waals surface area (Å²) in [6.07, 6.45) is -0.286. The lowest BCUT2D eigenvalue weighted by Crippen LogP contribution is -2.41. The van der Waals surface area contributed by atoms with Crippen molar-refractivity contribution in [2.45, 2.75) is 45.3 Å². The molecule has 14 heteroatoms. The Morgan fingerprint density at radius 3 is 2.43 bits per heavy atom. The van der Waals surface area contributed by atoms with E-state index in [1.807, 2.05) is 18.2 Å². The molecule has 0 bridgehead atoms. The lowest BCUT2D eigenvalue weighted by Gasteiger charge is -2.34. The van der Waals surface area contributed by atoms with Gasteiger partial charge in [-0.2, -0.15) is 13.2 Å². The van der Waals surface area contributed by atoms with Crippen LogP contribution in [0.15, 0.2) is 47.2 Å². The minimum atomic E-state index is -5.08. The van der Waals surface area contributed by atoms with E-state index in [4.69, 9.17) is 14.4 Å². The minimum absolute atomic E-state index is 0.0524. The maximum Gasteiger partial charge on any atom is 0.490 e. The molecule has 3 aromatic rings. The number of hydrogen-bond donors (Lipinski definition) is 3. The van der Waals surface area contributed by atoms with Gasteiger partial charge in [0.1, 0.15) is 11.3 Å². The lowest BCUT2D eigenvalue weighted by atomic mass is 9.80. The number of nitrogens with one attached hydrogen (secondary N) is 2. The Hall–Kier alpha value is -4.75. The largest absolute Gasteiger partial charge is 0.490 e. The van der Waals surface area contributed by atoms with Crippen LogP contribution in [0.3, 0.4) is 0 Å². The number of benzene rings is 1. The standard InChI is InChI=1S/C26H27N5O4.C2HF3O2/c1-15-22(16(2)35-30-15)26(34)31-10-7-18(8-11-31)23-20-12-19(5-6-21(20)29-25(23)33)24(32)28-14-17-4-3-9-27-13-17;3-2(4,5)1(6)7/h3-6,9,12-13,18,23H,7-8,10-11,14H2,1-2H3,(H,28,32)(H,29,33);(H,6,7). The summed E-state index contributed by atoms with van der Waals surface area (Å²) in [5, 5.41) is 16.9. The fourth-order valence-corrected chi connectivity index (χ4v) is 5.06. The Morgan fingerprint density at radius 1 is 1.17 bits per heavy atom. The topological polar surface area (TPSA) is 155 Å². The van der Waals surface area contributed by atoms with Crippen LogP contribution in [-0.2, 0) is 16.1 Å². The molecule has 1 aromatic carbocycles. The fourth-order valence-electron chi connectivity index (χ4n) is 5.06. The normalized spacial score (nSPS) is 16.6. The number of alkyl halides is 3. The second kappa shape index (κ2) is 12.4. The molecule has 1 fully saturated rings. The number of carboxylic acid groups (broad SMARTS) is 1. The van der Waals surface area contributed by atoms with Gasteiger partial charge in [0.2, 0.25) is 5.91 Å². The molecule has 1 saturated heterocycles. The maximum atomic E-state index is 13.0. The van der Waals surface area contributed by atoms with Crippen molar-refractivity contribution in [3.63, 3.8) is 0 Å². The molecule has 0 radical (unpaired) electrons. The number of carboxylic acids is 1. The first-order valence-electron chi connectivity index (χ1n) is 13.0. The average Bonchev–Trinajstić information content (AvgIpc) is 3.48. The van der Waals surface area contributed by atoms with E-state index in [0.29, 0.717) is 55.1 Å². The summed E-state index contributed by atoms with van der Waals surface area (Å²) in [7, 11) is 0. The highest BCUT2D eigenvalue weighted by Gasteiger charge is 2.40. The zero-order valence-corrected chi connectivity index (χ0v) is 22.7. The quantitative estimate of drug-likeness (QED) is 0.407. The van der Waals surface area contributed by atoms with Gasteiger partial charge in [-0.25, -0.2) is 4.79 Å². The highest BCUT2D eigenvalue weighted by atomic mass is 19.4. The molecule has 1 atom stereocenters. The number of piperidine rings is 1. The number of fused-ring (bicyclic) bond motifs is 1. The first-order chi connectivity index (χ1) is 19.9. The first kappa shape index (κ1) is 30.2. The van der Waals surface area contributed by atoms with Gasteiger partial charge in [-0.3, -0.25) is 19.4 Å². The van der Waals surface area contributed by atoms with Gasteiger partial charge in [0, 0.05) is 43.3 Å². The molecule has 11 nitrogen and oxygen atoms in total. The third-order valence-corrected chi connectivity index (χ3v) is 7.15. The molecule has 0 saturated carbocycles. The van der Waals surface area contributed by atoms with Crippen molar-refractivity contribution in [1.29, 1.82) is 0 Å². The highest BCUT2D eigenvalue weighted by Crippen LogP contribution is 2.42. The summed E-state index contributed by atoms with van der Waals surface area (Å²) in [4.78, 5) is 53.4. The van der Waals surface area contributed by atoms with Crippen molar-refractivity contribution in [1.82, 2.24) is 20.4 Å². The number of aliphatic carboxylic acids is 1. The molecule has 2 aliphatic rings. The van der Waals surface area contributed by atoms with Gasteiger partial charge in [-0.1, -0.05) is 11.2 Å². The van der Waals surface area contributed by atoms with Crippen molar-refractivity contribution in [3.05, 3.63) is 76.4 Å². The van der Waals surface area contributed by atoms with Crippen LogP contribution in [0.5, 0.6) is 0 Å². The van der Waals surface area contributed by atoms with Gasteiger partial charge in [-0.15, -0.1) is 0 Å². The van der Waals surface area contributed by atoms with E-state index < -0.39 is 12.1 Å². The molecule has 2 aromatic heterocycles. The number of likely N-dealkylation sites (tertiary alicyclic amines) is 1. The Bertz CT molecular complexity index is 1460. The third-order valence-electron chi connectivity index (χ3n) is 7.15. The summed E-state index contributed by atoms with van der Waals surface area (Å²) >= 11 is 0. The van der Waals surface area contributed by atoms with E-state index in [0.717, 1.165) is 16.8 Å². The van der Waals surface area contributed by atoms with Crippen molar-refractivity contribution >= 4 is 29.4 Å². The molecule has 4 heterocycles. The van der Waals surface area contributed by atoms with Gasteiger partial charge in [0.15, 0.2) is 0 Å². The van der Waals surface area contributed by atoms with E-state index >= 15 is 0 Å². The molecule has 0 aliphatic carbocycles. The van der Waals surface area contributed by atoms with Crippen molar-refractivity contribution < 1.29 is 42.0 Å². The van der Waals surface area contributed by atoms with Gasteiger partial charge < -0.3 is 25.2 Å². The molecular weight excluding hydrogens is 559 g/mol. The molecule has 3 N–H and O–H groups in total. The number of carbonyl (C=O) groups excluding carboxylic acids is 3. The highest BCUT2D eigenvalue weighted by molar-refractivity contribution is 6.05. The molecule has 1 unspecified atom stereocenters. The van der Waals surface area contributed by atoms with Gasteiger partial charge in [-0.05, 0) is 68.0 Å². The van der Waals surface area contributed by atoms with Crippen LogP contribution in [0, 0.1) is 19.8 Å². The number of aromatic nitrogens is 2. The molecule has 5 rings (SSSR count). The number of rotatable bonds is 5. The van der Waals surface area contributed by atoms with Crippen LogP contribution < -0.4 is 10.6 Å². The monoisotopic (exact) mass is 587 g/mol. The summed E-state index contributed by atoms with van der Waals surface area (Å²) in [6.45, 7) is 4.99. The van der Waals surface area contributed by atoms with Gasteiger partial charge in [0.05, 0.1) is 11.6 Å². The number of halogens is 3. The van der Waals surface area contributed by atoms with Crippen LogP contribution in [0.4, 0.5) is 18.9 Å². The first-order valence-corrected chi connectivity index (χ1v) is 13.0. The number of nitrogens with zero attached hydrogens (tertiary/aromatic N) is 3. The van der Waals surface area contributed by atoms with E-state index in [-0.39, 0.29) is 29.6 Å². The molecular formula is C28H28F3N5O6. The smallest absolute Gasteiger partial charge is 0.475 e. The molecule has 42 heavy (non-hydrogen) atoms. The lowest BCUT2D eigenvalue weighted by molar-refractivity contribution is -0.192. The summed E-state index contributed by atoms with van der Waals surface area (Å²) in [5.74, 6) is -2.83. The molecule has 3 amide bonds. The second-order valence-corrected chi connectivity index (χ2v) is 9.94. The zero-order chi connectivity index (χ0) is 30.6. The van der Waals surface area contributed by atoms with E-state index in [2.05, 4.69) is 20.8 Å². The minimum Gasteiger partial charge on any atom is -0.475 e. The van der Waals surface area contributed by atoms with E-state index in [1.54, 1.807) is 43.3 Å². The molecule has 2 aliphatic heterocycles. The van der Waals surface area contributed by atoms with Crippen molar-refractivity contribution in [3.8, 4) is 0 Å². The Kier molecular flexibility index (Phi) is 8.93. The Morgan fingerprint density at radius 2 is 1.86 bits per heavy atom. The predicted octanol–water partition coefficient (Wildman–Crippen LogP) is 3.84. The maximum absolute atomic E-state index is 13.0. The van der Waals surface area contributed by atoms with Crippen LogP contribution in [-0.4, -0.2) is 63.1 Å².